The van der Waals surface area contributed by atoms with E-state index in [0.717, 1.165) is 11.4 Å². The van der Waals surface area contributed by atoms with Crippen LogP contribution in [-0.4, -0.2) is 11.9 Å². The van der Waals surface area contributed by atoms with E-state index in [0.29, 0.717) is 6.42 Å². The summed E-state index contributed by atoms with van der Waals surface area (Å²) in [5.74, 6) is 0. The molecule has 0 radical (unpaired) electrons. The Labute approximate surface area is 78.8 Å². The summed E-state index contributed by atoms with van der Waals surface area (Å²) >= 11 is 0. The second kappa shape index (κ2) is 4.55. The molecule has 0 aliphatic rings. The van der Waals surface area contributed by atoms with Gasteiger partial charge in [0.1, 0.15) is 0 Å². The molecule has 0 spiro atoms. The molecule has 1 aromatic carbocycles. The first-order chi connectivity index (χ1) is 6.22. The molecule has 1 N–H and O–H groups in total. The van der Waals surface area contributed by atoms with Crippen LogP contribution in [0.2, 0.25) is 0 Å². The molecule has 1 aromatic rings. The number of aryl methyl sites for hydroxylation is 1. The second-order valence-electron chi connectivity index (χ2n) is 3.09. The minimum Gasteiger partial charge on any atom is -0.313 e. The van der Waals surface area contributed by atoms with Crippen LogP contribution in [0.25, 0.3) is 0 Å². The Morgan fingerprint density at radius 2 is 2.00 bits per heavy atom. The van der Waals surface area contributed by atoms with Crippen molar-refractivity contribution in [3.63, 3.8) is 0 Å². The van der Waals surface area contributed by atoms with E-state index in [-0.39, 0.29) is 0 Å². The zero-order valence-electron chi connectivity index (χ0n) is 8.04. The molecule has 0 unspecified atom stereocenters. The number of aliphatic imine (C=N–C) groups is 1. The molecule has 1 rings (SSSR count). The molecule has 13 heavy (non-hydrogen) atoms. The third kappa shape index (κ3) is 3.20. The molecule has 68 valence electrons. The van der Waals surface area contributed by atoms with Crippen molar-refractivity contribution < 1.29 is 0 Å². The van der Waals surface area contributed by atoms with Gasteiger partial charge in [0.2, 0.25) is 0 Å². The summed E-state index contributed by atoms with van der Waals surface area (Å²) in [5, 5.41) is 6.93. The van der Waals surface area contributed by atoms with Crippen LogP contribution < -0.4 is 0 Å². The fourth-order valence-corrected chi connectivity index (χ4v) is 1.03. The van der Waals surface area contributed by atoms with Crippen LogP contribution in [0, 0.1) is 12.3 Å². The topological polar surface area (TPSA) is 36.2 Å². The van der Waals surface area contributed by atoms with Gasteiger partial charge in [-0.15, -0.1) is 0 Å². The van der Waals surface area contributed by atoms with E-state index in [1.54, 1.807) is 0 Å². The van der Waals surface area contributed by atoms with Gasteiger partial charge in [0.15, 0.2) is 0 Å². The van der Waals surface area contributed by atoms with Gasteiger partial charge in [-0.2, -0.15) is 0 Å². The highest BCUT2D eigenvalue weighted by molar-refractivity contribution is 5.94. The summed E-state index contributed by atoms with van der Waals surface area (Å²) in [6.07, 6.45) is 2.00. The van der Waals surface area contributed by atoms with Crippen LogP contribution in [0.3, 0.4) is 0 Å². The molecule has 0 saturated carbocycles. The summed E-state index contributed by atoms with van der Waals surface area (Å²) in [4.78, 5) is 4.36. The van der Waals surface area contributed by atoms with Crippen molar-refractivity contribution in [1.29, 1.82) is 5.41 Å². The molecule has 0 aromatic heterocycles. The van der Waals surface area contributed by atoms with Gasteiger partial charge in [-0.3, -0.25) is 4.99 Å². The quantitative estimate of drug-likeness (QED) is 0.683. The normalized spacial score (nSPS) is 11.4. The van der Waals surface area contributed by atoms with Gasteiger partial charge in [0, 0.05) is 18.3 Å². The molecule has 0 heterocycles. The van der Waals surface area contributed by atoms with Crippen molar-refractivity contribution in [3.05, 3.63) is 29.8 Å². The van der Waals surface area contributed by atoms with Crippen LogP contribution in [0.1, 0.15) is 18.9 Å². The van der Waals surface area contributed by atoms with E-state index in [1.165, 1.54) is 11.8 Å². The monoisotopic (exact) mass is 174 g/mol. The standard InChI is InChI=1S/C11H14N2/c1-9-3-5-11(6-4-9)13-10(2)7-8-12/h3-6,8,12H,7H2,1-2H3. The predicted molar refractivity (Wildman–Crippen MR) is 57.3 cm³/mol. The lowest BCUT2D eigenvalue weighted by atomic mass is 10.2. The van der Waals surface area contributed by atoms with Crippen molar-refractivity contribution in [2.24, 2.45) is 4.99 Å². The van der Waals surface area contributed by atoms with Crippen LogP contribution in [0.4, 0.5) is 5.69 Å². The Balaban J connectivity index is 2.78. The van der Waals surface area contributed by atoms with Gasteiger partial charge in [-0.1, -0.05) is 17.7 Å². The van der Waals surface area contributed by atoms with Crippen molar-refractivity contribution in [1.82, 2.24) is 0 Å². The second-order valence-corrected chi connectivity index (χ2v) is 3.09. The number of hydrogen-bond donors (Lipinski definition) is 1. The summed E-state index contributed by atoms with van der Waals surface area (Å²) < 4.78 is 0. The predicted octanol–water partition coefficient (Wildman–Crippen LogP) is 3.13. The highest BCUT2D eigenvalue weighted by Gasteiger charge is 1.90. The van der Waals surface area contributed by atoms with Crippen molar-refractivity contribution >= 4 is 17.6 Å². The lowest BCUT2D eigenvalue weighted by molar-refractivity contribution is 1.39. The molecular formula is C11H14N2. The summed E-state index contributed by atoms with van der Waals surface area (Å²) in [5.41, 5.74) is 3.17. The lowest BCUT2D eigenvalue weighted by Gasteiger charge is -1.97. The molecule has 0 saturated heterocycles. The molecule has 0 aliphatic carbocycles. The van der Waals surface area contributed by atoms with Crippen LogP contribution in [-0.2, 0) is 0 Å². The zero-order chi connectivity index (χ0) is 9.68. The highest BCUT2D eigenvalue weighted by atomic mass is 14.7. The molecular weight excluding hydrogens is 160 g/mol. The van der Waals surface area contributed by atoms with E-state index in [9.17, 15) is 0 Å². The van der Waals surface area contributed by atoms with Gasteiger partial charge in [0.05, 0.1) is 5.69 Å². The zero-order valence-corrected chi connectivity index (χ0v) is 8.04. The highest BCUT2D eigenvalue weighted by Crippen LogP contribution is 2.12. The minimum atomic E-state index is 0.633. The molecule has 0 aliphatic heterocycles. The van der Waals surface area contributed by atoms with Gasteiger partial charge < -0.3 is 5.41 Å². The van der Waals surface area contributed by atoms with E-state index >= 15 is 0 Å². The Morgan fingerprint density at radius 1 is 1.38 bits per heavy atom. The maximum absolute atomic E-state index is 6.93. The minimum absolute atomic E-state index is 0.633. The molecule has 0 atom stereocenters. The fraction of sp³-hybridized carbons (Fsp3) is 0.273. The Kier molecular flexibility index (Phi) is 3.38. The van der Waals surface area contributed by atoms with Gasteiger partial charge in [-0.25, -0.2) is 0 Å². The largest absolute Gasteiger partial charge is 0.313 e. The number of hydrogen-bond acceptors (Lipinski definition) is 2. The Morgan fingerprint density at radius 3 is 2.54 bits per heavy atom. The van der Waals surface area contributed by atoms with Crippen molar-refractivity contribution in [2.75, 3.05) is 0 Å². The van der Waals surface area contributed by atoms with E-state index in [4.69, 9.17) is 5.41 Å². The van der Waals surface area contributed by atoms with Gasteiger partial charge >= 0.3 is 0 Å². The van der Waals surface area contributed by atoms with Crippen molar-refractivity contribution in [2.45, 2.75) is 20.3 Å². The third-order valence-electron chi connectivity index (χ3n) is 1.75. The van der Waals surface area contributed by atoms with Gasteiger partial charge in [-0.05, 0) is 26.0 Å². The third-order valence-corrected chi connectivity index (χ3v) is 1.75. The first kappa shape index (κ1) is 9.65. The number of nitrogens with zero attached hydrogens (tertiary/aromatic N) is 1. The number of nitrogens with one attached hydrogen (secondary N) is 1. The van der Waals surface area contributed by atoms with Crippen LogP contribution in [0.5, 0.6) is 0 Å². The maximum Gasteiger partial charge on any atom is 0.0629 e. The van der Waals surface area contributed by atoms with Crippen molar-refractivity contribution in [3.8, 4) is 0 Å². The number of benzene rings is 1. The fourth-order valence-electron chi connectivity index (χ4n) is 1.03. The van der Waals surface area contributed by atoms with Crippen LogP contribution >= 0.6 is 0 Å². The molecule has 0 fully saturated rings. The average Bonchev–Trinajstić information content (AvgIpc) is 2.09. The average molecular weight is 174 g/mol. The molecule has 0 amide bonds. The SMILES string of the molecule is CC(CC=N)=Nc1ccc(C)cc1. The molecule has 0 bridgehead atoms. The molecule has 2 nitrogen and oxygen atoms in total. The van der Waals surface area contributed by atoms with Gasteiger partial charge in [0.25, 0.3) is 0 Å². The van der Waals surface area contributed by atoms with Crippen LogP contribution in [0.15, 0.2) is 29.3 Å². The molecule has 2 heteroatoms. The lowest BCUT2D eigenvalue weighted by Crippen LogP contribution is -1.89. The van der Waals surface area contributed by atoms with E-state index < -0.39 is 0 Å². The van der Waals surface area contributed by atoms with E-state index in [1.807, 2.05) is 31.2 Å². The summed E-state index contributed by atoms with van der Waals surface area (Å²) in [7, 11) is 0. The Bertz CT molecular complexity index is 309. The first-order valence-corrected chi connectivity index (χ1v) is 4.32. The Hall–Kier alpha value is -1.44. The van der Waals surface area contributed by atoms with E-state index in [2.05, 4.69) is 11.9 Å². The smallest absolute Gasteiger partial charge is 0.0629 e. The number of rotatable bonds is 3. The summed E-state index contributed by atoms with van der Waals surface area (Å²) in [6.45, 7) is 3.99. The first-order valence-electron chi connectivity index (χ1n) is 4.32. The summed E-state index contributed by atoms with van der Waals surface area (Å²) in [6, 6.07) is 8.05. The maximum atomic E-state index is 6.93.